The van der Waals surface area contributed by atoms with E-state index in [1.165, 1.54) is 4.90 Å². The summed E-state index contributed by atoms with van der Waals surface area (Å²) in [7, 11) is 0. The first-order chi connectivity index (χ1) is 13.5. The van der Waals surface area contributed by atoms with Gasteiger partial charge in [-0.25, -0.2) is 4.90 Å². The molecule has 6 heteroatoms. The lowest BCUT2D eigenvalue weighted by molar-refractivity contribution is -0.121. The summed E-state index contributed by atoms with van der Waals surface area (Å²) in [6, 6.07) is 13.1. The smallest absolute Gasteiger partial charge is 0.282 e. The number of morpholine rings is 1. The van der Waals surface area contributed by atoms with Gasteiger partial charge in [-0.2, -0.15) is 0 Å². The Morgan fingerprint density at radius 3 is 2.21 bits per heavy atom. The lowest BCUT2D eigenvalue weighted by Gasteiger charge is -2.29. The Morgan fingerprint density at radius 2 is 1.57 bits per heavy atom. The number of hydrogen-bond donors (Lipinski definition) is 0. The number of aryl methyl sites for hydroxylation is 2. The van der Waals surface area contributed by atoms with Gasteiger partial charge < -0.3 is 9.64 Å². The molecule has 0 spiro atoms. The van der Waals surface area contributed by atoms with Crippen molar-refractivity contribution in [3.8, 4) is 0 Å². The van der Waals surface area contributed by atoms with Crippen LogP contribution >= 0.6 is 15.9 Å². The molecule has 2 amide bonds. The van der Waals surface area contributed by atoms with E-state index in [0.29, 0.717) is 43.3 Å². The molecule has 0 bridgehead atoms. The predicted octanol–water partition coefficient (Wildman–Crippen LogP) is 3.68. The number of nitrogens with zero attached hydrogens (tertiary/aromatic N) is 2. The van der Waals surface area contributed by atoms with Crippen molar-refractivity contribution in [3.05, 3.63) is 69.3 Å². The van der Waals surface area contributed by atoms with E-state index < -0.39 is 0 Å². The van der Waals surface area contributed by atoms with Gasteiger partial charge in [0.1, 0.15) is 5.70 Å². The van der Waals surface area contributed by atoms with E-state index in [2.05, 4.69) is 15.9 Å². The van der Waals surface area contributed by atoms with Gasteiger partial charge in [-0.1, -0.05) is 34.1 Å². The molecule has 0 aliphatic carbocycles. The summed E-state index contributed by atoms with van der Waals surface area (Å²) in [6.07, 6.45) is 0. The summed E-state index contributed by atoms with van der Waals surface area (Å²) in [4.78, 5) is 30.1. The molecule has 1 saturated heterocycles. The van der Waals surface area contributed by atoms with Crippen LogP contribution in [0.15, 0.2) is 52.6 Å². The second-order valence-electron chi connectivity index (χ2n) is 7.04. The quantitative estimate of drug-likeness (QED) is 0.682. The second-order valence-corrected chi connectivity index (χ2v) is 7.96. The van der Waals surface area contributed by atoms with Crippen molar-refractivity contribution in [2.24, 2.45) is 0 Å². The van der Waals surface area contributed by atoms with Gasteiger partial charge in [0.2, 0.25) is 0 Å². The fourth-order valence-corrected chi connectivity index (χ4v) is 3.84. The van der Waals surface area contributed by atoms with Gasteiger partial charge in [0.25, 0.3) is 11.8 Å². The molecule has 0 aromatic heterocycles. The van der Waals surface area contributed by atoms with Crippen LogP contribution in [0.2, 0.25) is 0 Å². The van der Waals surface area contributed by atoms with Gasteiger partial charge in [-0.3, -0.25) is 9.59 Å². The van der Waals surface area contributed by atoms with E-state index in [9.17, 15) is 9.59 Å². The molecule has 0 N–H and O–H groups in total. The summed E-state index contributed by atoms with van der Waals surface area (Å²) in [5.74, 6) is -0.556. The number of anilines is 1. The minimum Gasteiger partial charge on any atom is -0.378 e. The maximum absolute atomic E-state index is 13.4. The van der Waals surface area contributed by atoms with Crippen LogP contribution in [-0.2, 0) is 14.3 Å². The van der Waals surface area contributed by atoms with Crippen molar-refractivity contribution in [2.45, 2.75) is 13.8 Å². The maximum atomic E-state index is 13.4. The Labute approximate surface area is 172 Å². The lowest BCUT2D eigenvalue weighted by atomic mass is 9.99. The molecule has 0 atom stereocenters. The topological polar surface area (TPSA) is 49.9 Å². The SMILES string of the molecule is Cc1ccc(C2=C(N3CCOCC3)C(=O)N(c3ccc(Br)cc3)C2=O)cc1C. The summed E-state index contributed by atoms with van der Waals surface area (Å²) < 4.78 is 6.34. The molecule has 2 aliphatic heterocycles. The molecule has 144 valence electrons. The highest BCUT2D eigenvalue weighted by Gasteiger charge is 2.42. The van der Waals surface area contributed by atoms with Crippen LogP contribution in [-0.4, -0.2) is 43.0 Å². The number of carbonyl (C=O) groups excluding carboxylic acids is 2. The van der Waals surface area contributed by atoms with Crippen molar-refractivity contribution < 1.29 is 14.3 Å². The molecule has 28 heavy (non-hydrogen) atoms. The van der Waals surface area contributed by atoms with Gasteiger partial charge in [-0.15, -0.1) is 0 Å². The number of imide groups is 1. The summed E-state index contributed by atoms with van der Waals surface area (Å²) >= 11 is 3.40. The Morgan fingerprint density at radius 1 is 0.893 bits per heavy atom. The molecule has 1 fully saturated rings. The van der Waals surface area contributed by atoms with E-state index in [-0.39, 0.29) is 11.8 Å². The third kappa shape index (κ3) is 3.27. The van der Waals surface area contributed by atoms with Crippen molar-refractivity contribution in [1.29, 1.82) is 0 Å². The first-order valence-electron chi connectivity index (χ1n) is 9.26. The van der Waals surface area contributed by atoms with E-state index in [0.717, 1.165) is 21.2 Å². The molecular weight excluding hydrogens is 420 g/mol. The zero-order valence-corrected chi connectivity index (χ0v) is 17.5. The average Bonchev–Trinajstić information content (AvgIpc) is 2.96. The lowest BCUT2D eigenvalue weighted by Crippen LogP contribution is -2.40. The number of carbonyl (C=O) groups is 2. The first kappa shape index (κ1) is 18.9. The second kappa shape index (κ2) is 7.53. The van der Waals surface area contributed by atoms with E-state index in [1.54, 1.807) is 12.1 Å². The number of halogens is 1. The number of hydrogen-bond acceptors (Lipinski definition) is 4. The number of amides is 2. The van der Waals surface area contributed by atoms with Crippen LogP contribution < -0.4 is 4.90 Å². The molecule has 0 radical (unpaired) electrons. The van der Waals surface area contributed by atoms with Gasteiger partial charge in [0.15, 0.2) is 0 Å². The molecular formula is C22H21BrN2O3. The van der Waals surface area contributed by atoms with Crippen molar-refractivity contribution >= 4 is 39.0 Å². The summed E-state index contributed by atoms with van der Waals surface area (Å²) in [5, 5.41) is 0. The molecule has 2 aromatic carbocycles. The van der Waals surface area contributed by atoms with Crippen LogP contribution in [0.5, 0.6) is 0 Å². The fraction of sp³-hybridized carbons (Fsp3) is 0.273. The number of rotatable bonds is 3. The third-order valence-electron chi connectivity index (χ3n) is 5.27. The van der Waals surface area contributed by atoms with Crippen molar-refractivity contribution in [3.63, 3.8) is 0 Å². The van der Waals surface area contributed by atoms with Crippen molar-refractivity contribution in [2.75, 3.05) is 31.2 Å². The molecule has 4 rings (SSSR count). The van der Waals surface area contributed by atoms with Crippen LogP contribution in [0, 0.1) is 13.8 Å². The summed E-state index contributed by atoms with van der Waals surface area (Å²) in [5.41, 5.74) is 4.54. The highest BCUT2D eigenvalue weighted by molar-refractivity contribution is 9.10. The minimum absolute atomic E-state index is 0.276. The zero-order chi connectivity index (χ0) is 19.8. The Hall–Kier alpha value is -2.44. The minimum atomic E-state index is -0.280. The Kier molecular flexibility index (Phi) is 5.08. The van der Waals surface area contributed by atoms with E-state index in [1.807, 2.05) is 49.1 Å². The monoisotopic (exact) mass is 440 g/mol. The standard InChI is InChI=1S/C22H21BrN2O3/c1-14-3-4-16(13-15(14)2)19-20(24-9-11-28-12-10-24)22(27)25(21(19)26)18-7-5-17(23)6-8-18/h3-8,13H,9-12H2,1-2H3. The molecule has 2 heterocycles. The number of ether oxygens (including phenoxy) is 1. The normalized spacial score (nSPS) is 17.7. The van der Waals surface area contributed by atoms with Gasteiger partial charge in [0, 0.05) is 17.6 Å². The maximum Gasteiger partial charge on any atom is 0.282 e. The van der Waals surface area contributed by atoms with Crippen LogP contribution in [0.1, 0.15) is 16.7 Å². The fourth-order valence-electron chi connectivity index (χ4n) is 3.58. The third-order valence-corrected chi connectivity index (χ3v) is 5.80. The van der Waals surface area contributed by atoms with Gasteiger partial charge in [0.05, 0.1) is 24.5 Å². The van der Waals surface area contributed by atoms with Crippen LogP contribution in [0.4, 0.5) is 5.69 Å². The first-order valence-corrected chi connectivity index (χ1v) is 10.1. The highest BCUT2D eigenvalue weighted by Crippen LogP contribution is 2.36. The van der Waals surface area contributed by atoms with E-state index in [4.69, 9.17) is 4.74 Å². The molecule has 0 saturated carbocycles. The molecule has 0 unspecified atom stereocenters. The highest BCUT2D eigenvalue weighted by atomic mass is 79.9. The van der Waals surface area contributed by atoms with Gasteiger partial charge >= 0.3 is 0 Å². The van der Waals surface area contributed by atoms with Gasteiger partial charge in [-0.05, 0) is 54.8 Å². The molecule has 2 aromatic rings. The zero-order valence-electron chi connectivity index (χ0n) is 15.9. The number of benzene rings is 2. The average molecular weight is 441 g/mol. The van der Waals surface area contributed by atoms with Crippen LogP contribution in [0.25, 0.3) is 5.57 Å². The largest absolute Gasteiger partial charge is 0.378 e. The molecule has 5 nitrogen and oxygen atoms in total. The Bertz CT molecular complexity index is 976. The van der Waals surface area contributed by atoms with Crippen LogP contribution in [0.3, 0.4) is 0 Å². The Balaban J connectivity index is 1.84. The van der Waals surface area contributed by atoms with E-state index >= 15 is 0 Å². The molecule has 2 aliphatic rings. The van der Waals surface area contributed by atoms with Crippen molar-refractivity contribution in [1.82, 2.24) is 4.90 Å². The summed E-state index contributed by atoms with van der Waals surface area (Å²) in [6.45, 7) is 6.33. The predicted molar refractivity (Wildman–Crippen MR) is 112 cm³/mol.